The maximum Gasteiger partial charge on any atom is 0.239 e. The Hall–Kier alpha value is -1.62. The van der Waals surface area contributed by atoms with Gasteiger partial charge in [-0.25, -0.2) is 4.98 Å². The number of carbonyl (C=O) groups excluding carboxylic acids is 1. The van der Waals surface area contributed by atoms with Gasteiger partial charge in [-0.05, 0) is 30.5 Å². The molecule has 0 fully saturated rings. The summed E-state index contributed by atoms with van der Waals surface area (Å²) in [6.07, 6.45) is 0. The smallest absolute Gasteiger partial charge is 0.239 e. The van der Waals surface area contributed by atoms with Crippen LogP contribution in [0, 0.1) is 12.8 Å². The summed E-state index contributed by atoms with van der Waals surface area (Å²) >= 11 is 1.58. The number of rotatable bonds is 5. The molecule has 102 valence electrons. The van der Waals surface area contributed by atoms with Crippen molar-refractivity contribution in [2.45, 2.75) is 20.8 Å². The third-order valence-corrected chi connectivity index (χ3v) is 3.63. The lowest BCUT2D eigenvalue weighted by Gasteiger charge is -2.07. The lowest BCUT2D eigenvalue weighted by molar-refractivity contribution is -0.119. The fraction of sp³-hybridized carbons (Fsp3) is 0.429. The largest absolute Gasteiger partial charge is 0.354 e. The zero-order valence-electron chi connectivity index (χ0n) is 11.5. The van der Waals surface area contributed by atoms with Crippen molar-refractivity contribution in [3.05, 3.63) is 23.8 Å². The van der Waals surface area contributed by atoms with Gasteiger partial charge >= 0.3 is 0 Å². The van der Waals surface area contributed by atoms with E-state index in [0.29, 0.717) is 12.5 Å². The van der Waals surface area contributed by atoms with E-state index in [0.717, 1.165) is 15.3 Å². The first-order chi connectivity index (χ1) is 9.04. The van der Waals surface area contributed by atoms with Crippen molar-refractivity contribution in [1.82, 2.24) is 10.3 Å². The lowest BCUT2D eigenvalue weighted by atomic mass is 10.2. The molecule has 0 spiro atoms. The molecule has 0 bridgehead atoms. The average Bonchev–Trinajstić information content (AvgIpc) is 2.75. The predicted molar refractivity (Wildman–Crippen MR) is 80.7 cm³/mol. The van der Waals surface area contributed by atoms with E-state index in [1.54, 1.807) is 11.3 Å². The van der Waals surface area contributed by atoms with Crippen LogP contribution in [0.5, 0.6) is 0 Å². The molecule has 0 aliphatic carbocycles. The Morgan fingerprint density at radius 1 is 1.42 bits per heavy atom. The van der Waals surface area contributed by atoms with Gasteiger partial charge in [0.05, 0.1) is 16.8 Å². The zero-order chi connectivity index (χ0) is 13.8. The molecule has 0 atom stereocenters. The minimum Gasteiger partial charge on any atom is -0.354 e. The molecule has 2 rings (SSSR count). The number of amides is 1. The van der Waals surface area contributed by atoms with Crippen molar-refractivity contribution in [3.63, 3.8) is 0 Å². The molecular weight excluding hydrogens is 258 g/mol. The topological polar surface area (TPSA) is 54.0 Å². The highest BCUT2D eigenvalue weighted by molar-refractivity contribution is 7.22. The van der Waals surface area contributed by atoms with Gasteiger partial charge in [0, 0.05) is 6.54 Å². The van der Waals surface area contributed by atoms with Crippen molar-refractivity contribution in [3.8, 4) is 0 Å². The molecule has 0 aliphatic rings. The predicted octanol–water partition coefficient (Wildman–Crippen LogP) is 2.79. The summed E-state index contributed by atoms with van der Waals surface area (Å²) in [7, 11) is 0. The minimum absolute atomic E-state index is 0.00383. The Kier molecular flexibility index (Phi) is 4.37. The molecule has 2 N–H and O–H groups in total. The van der Waals surface area contributed by atoms with Gasteiger partial charge in [-0.15, -0.1) is 0 Å². The van der Waals surface area contributed by atoms with E-state index in [-0.39, 0.29) is 12.5 Å². The number of hydrogen-bond donors (Lipinski definition) is 2. The van der Waals surface area contributed by atoms with E-state index in [1.165, 1.54) is 5.56 Å². The van der Waals surface area contributed by atoms with Crippen LogP contribution in [0.2, 0.25) is 0 Å². The zero-order valence-corrected chi connectivity index (χ0v) is 12.3. The second-order valence-corrected chi connectivity index (χ2v) is 6.07. The van der Waals surface area contributed by atoms with E-state index in [9.17, 15) is 4.79 Å². The molecule has 0 radical (unpaired) electrons. The van der Waals surface area contributed by atoms with E-state index >= 15 is 0 Å². The Morgan fingerprint density at radius 2 is 2.21 bits per heavy atom. The Balaban J connectivity index is 1.92. The number of benzene rings is 1. The van der Waals surface area contributed by atoms with Crippen LogP contribution in [0.1, 0.15) is 19.4 Å². The van der Waals surface area contributed by atoms with Crippen molar-refractivity contribution in [2.24, 2.45) is 5.92 Å². The summed E-state index contributed by atoms with van der Waals surface area (Å²) < 4.78 is 1.14. The monoisotopic (exact) mass is 277 g/mol. The Bertz CT molecular complexity index is 577. The molecule has 4 nitrogen and oxygen atoms in total. The molecule has 1 heterocycles. The Morgan fingerprint density at radius 3 is 2.95 bits per heavy atom. The van der Waals surface area contributed by atoms with Gasteiger partial charge in [-0.1, -0.05) is 31.3 Å². The molecule has 1 amide bonds. The van der Waals surface area contributed by atoms with Gasteiger partial charge in [0.1, 0.15) is 0 Å². The van der Waals surface area contributed by atoms with Crippen molar-refractivity contribution in [2.75, 3.05) is 18.4 Å². The van der Waals surface area contributed by atoms with Gasteiger partial charge in [0.15, 0.2) is 5.13 Å². The van der Waals surface area contributed by atoms with Crippen LogP contribution in [0.15, 0.2) is 18.2 Å². The summed E-state index contributed by atoms with van der Waals surface area (Å²) in [6.45, 7) is 7.18. The van der Waals surface area contributed by atoms with Crippen LogP contribution in [-0.2, 0) is 4.79 Å². The standard InChI is InChI=1S/C14H19N3OS/c1-9(2)7-15-13(18)8-16-14-17-11-5-4-10(3)6-12(11)19-14/h4-6,9H,7-8H2,1-3H3,(H,15,18)(H,16,17). The molecule has 0 unspecified atom stereocenters. The average molecular weight is 277 g/mol. The maximum absolute atomic E-state index is 11.6. The highest BCUT2D eigenvalue weighted by atomic mass is 32.1. The normalized spacial score (nSPS) is 10.9. The molecule has 19 heavy (non-hydrogen) atoms. The molecule has 5 heteroatoms. The highest BCUT2D eigenvalue weighted by Gasteiger charge is 2.06. The summed E-state index contributed by atoms with van der Waals surface area (Å²) in [5.41, 5.74) is 2.19. The molecule has 0 aliphatic heterocycles. The number of thiazole rings is 1. The summed E-state index contributed by atoms with van der Waals surface area (Å²) in [5, 5.41) is 6.73. The number of anilines is 1. The Labute approximate surface area is 117 Å². The minimum atomic E-state index is 0.00383. The molecule has 1 aromatic heterocycles. The van der Waals surface area contributed by atoms with Crippen molar-refractivity contribution in [1.29, 1.82) is 0 Å². The number of fused-ring (bicyclic) bond motifs is 1. The second kappa shape index (κ2) is 6.02. The molecule has 0 saturated carbocycles. The third kappa shape index (κ3) is 3.92. The van der Waals surface area contributed by atoms with Crippen LogP contribution in [0.4, 0.5) is 5.13 Å². The van der Waals surface area contributed by atoms with Gasteiger partial charge in [0.2, 0.25) is 5.91 Å². The lowest BCUT2D eigenvalue weighted by Crippen LogP contribution is -2.32. The van der Waals surface area contributed by atoms with Gasteiger partial charge < -0.3 is 10.6 Å². The van der Waals surface area contributed by atoms with Crippen LogP contribution in [0.25, 0.3) is 10.2 Å². The maximum atomic E-state index is 11.6. The first-order valence-corrected chi connectivity index (χ1v) is 7.24. The van der Waals surface area contributed by atoms with Crippen LogP contribution in [0.3, 0.4) is 0 Å². The fourth-order valence-corrected chi connectivity index (χ4v) is 2.60. The summed E-state index contributed by atoms with van der Waals surface area (Å²) in [4.78, 5) is 16.0. The first kappa shape index (κ1) is 13.8. The second-order valence-electron chi connectivity index (χ2n) is 5.04. The number of hydrogen-bond acceptors (Lipinski definition) is 4. The van der Waals surface area contributed by atoms with E-state index < -0.39 is 0 Å². The quantitative estimate of drug-likeness (QED) is 0.883. The van der Waals surface area contributed by atoms with E-state index in [2.05, 4.69) is 42.5 Å². The van der Waals surface area contributed by atoms with Gasteiger partial charge in [-0.3, -0.25) is 4.79 Å². The van der Waals surface area contributed by atoms with Gasteiger partial charge in [-0.2, -0.15) is 0 Å². The van der Waals surface area contributed by atoms with Gasteiger partial charge in [0.25, 0.3) is 0 Å². The molecular formula is C14H19N3OS. The molecule has 2 aromatic rings. The number of nitrogens with zero attached hydrogens (tertiary/aromatic N) is 1. The third-order valence-electron chi connectivity index (χ3n) is 2.65. The number of nitrogens with one attached hydrogen (secondary N) is 2. The SMILES string of the molecule is Cc1ccc2nc(NCC(=O)NCC(C)C)sc2c1. The van der Waals surface area contributed by atoms with Crippen LogP contribution >= 0.6 is 11.3 Å². The fourth-order valence-electron chi connectivity index (χ4n) is 1.64. The number of carbonyl (C=O) groups is 1. The first-order valence-electron chi connectivity index (χ1n) is 6.42. The van der Waals surface area contributed by atoms with Crippen molar-refractivity contribution < 1.29 is 4.79 Å². The van der Waals surface area contributed by atoms with Crippen molar-refractivity contribution >= 4 is 32.6 Å². The summed E-state index contributed by atoms with van der Waals surface area (Å²) in [6, 6.07) is 6.16. The highest BCUT2D eigenvalue weighted by Crippen LogP contribution is 2.26. The number of aryl methyl sites for hydroxylation is 1. The van der Waals surface area contributed by atoms with E-state index in [1.807, 2.05) is 12.1 Å². The van der Waals surface area contributed by atoms with E-state index in [4.69, 9.17) is 0 Å². The molecule has 0 saturated heterocycles. The summed E-state index contributed by atoms with van der Waals surface area (Å²) in [5.74, 6) is 0.471. The van der Waals surface area contributed by atoms with Crippen LogP contribution in [-0.4, -0.2) is 24.0 Å². The van der Waals surface area contributed by atoms with Crippen LogP contribution < -0.4 is 10.6 Å². The molecule has 1 aromatic carbocycles. The number of aromatic nitrogens is 1.